The summed E-state index contributed by atoms with van der Waals surface area (Å²) in [6, 6.07) is 12.0. The Morgan fingerprint density at radius 3 is 2.63 bits per heavy atom. The molecule has 2 aromatic carbocycles. The number of methoxy groups -OCH3 is 1. The third-order valence-corrected chi connectivity index (χ3v) is 4.34. The molecule has 0 aliphatic carbocycles. The van der Waals surface area contributed by atoms with Gasteiger partial charge in [-0.15, -0.1) is 0 Å². The van der Waals surface area contributed by atoms with Gasteiger partial charge in [0.2, 0.25) is 0 Å². The van der Waals surface area contributed by atoms with Crippen molar-refractivity contribution in [2.24, 2.45) is 0 Å². The number of aromatic nitrogens is 4. The highest BCUT2D eigenvalue weighted by Gasteiger charge is 2.08. The van der Waals surface area contributed by atoms with Gasteiger partial charge in [0.25, 0.3) is 0 Å². The van der Waals surface area contributed by atoms with Gasteiger partial charge in [-0.1, -0.05) is 12.1 Å². The number of hydrogen-bond donors (Lipinski definition) is 1. The Balaban J connectivity index is 1.61. The van der Waals surface area contributed by atoms with Gasteiger partial charge in [-0.2, -0.15) is 5.10 Å². The molecule has 7 heteroatoms. The van der Waals surface area contributed by atoms with Gasteiger partial charge in [0.15, 0.2) is 0 Å². The fraction of sp³-hybridized carbons (Fsp3) is 0.100. The average Bonchev–Trinajstić information content (AvgIpc) is 3.32. The van der Waals surface area contributed by atoms with Crippen molar-refractivity contribution in [2.45, 2.75) is 6.54 Å². The second-order valence-corrected chi connectivity index (χ2v) is 6.11. The second kappa shape index (κ2) is 6.95. The second-order valence-electron chi connectivity index (χ2n) is 6.11. The summed E-state index contributed by atoms with van der Waals surface area (Å²) < 4.78 is 21.8. The van der Waals surface area contributed by atoms with Crippen molar-refractivity contribution >= 4 is 0 Å². The van der Waals surface area contributed by atoms with Gasteiger partial charge in [-0.25, -0.2) is 9.18 Å². The van der Waals surface area contributed by atoms with E-state index in [2.05, 4.69) is 10.2 Å². The first-order chi connectivity index (χ1) is 13.1. The molecule has 0 aliphatic rings. The highest BCUT2D eigenvalue weighted by Crippen LogP contribution is 2.19. The molecule has 0 saturated carbocycles. The van der Waals surface area contributed by atoms with E-state index in [4.69, 9.17) is 4.74 Å². The number of nitrogens with one attached hydrogen (secondary N) is 1. The number of hydrogen-bond acceptors (Lipinski definition) is 3. The van der Waals surface area contributed by atoms with Gasteiger partial charge in [0.05, 0.1) is 25.5 Å². The summed E-state index contributed by atoms with van der Waals surface area (Å²) in [5.74, 6) is 0.0268. The predicted octanol–water partition coefficient (Wildman–Crippen LogP) is 3.23. The molecule has 0 unspecified atom stereocenters. The van der Waals surface area contributed by atoms with E-state index < -0.39 is 5.82 Å². The number of H-pyrrole nitrogens is 1. The maximum absolute atomic E-state index is 13.7. The Hall–Kier alpha value is -3.61. The van der Waals surface area contributed by atoms with Crippen molar-refractivity contribution < 1.29 is 9.13 Å². The third-order valence-electron chi connectivity index (χ3n) is 4.34. The van der Waals surface area contributed by atoms with Crippen LogP contribution in [-0.2, 0) is 6.54 Å². The average molecular weight is 364 g/mol. The normalized spacial score (nSPS) is 10.9. The first kappa shape index (κ1) is 16.8. The highest BCUT2D eigenvalue weighted by atomic mass is 19.1. The lowest BCUT2D eigenvalue weighted by Crippen LogP contribution is -2.23. The molecule has 1 N–H and O–H groups in total. The van der Waals surface area contributed by atoms with Gasteiger partial charge in [0, 0.05) is 30.2 Å². The maximum atomic E-state index is 13.7. The van der Waals surface area contributed by atoms with E-state index in [1.165, 1.54) is 23.8 Å². The minimum atomic E-state index is -0.397. The van der Waals surface area contributed by atoms with Crippen molar-refractivity contribution in [1.29, 1.82) is 0 Å². The lowest BCUT2D eigenvalue weighted by atomic mass is 10.1. The molecule has 0 fully saturated rings. The summed E-state index contributed by atoms with van der Waals surface area (Å²) in [6.07, 6.45) is 6.94. The Bertz CT molecular complexity index is 1110. The summed E-state index contributed by atoms with van der Waals surface area (Å²) in [5, 5.41) is 6.71. The van der Waals surface area contributed by atoms with E-state index in [0.29, 0.717) is 11.3 Å². The SMILES string of the molecule is COc1cc(F)cc(Cn2ccn(-c3ccc(-c4cn[nH]c4)cc3)c2=O)c1. The molecule has 0 radical (unpaired) electrons. The van der Waals surface area contributed by atoms with Crippen LogP contribution in [0, 0.1) is 5.82 Å². The molecular formula is C20H17FN4O2. The molecule has 2 aromatic heterocycles. The quantitative estimate of drug-likeness (QED) is 0.591. The van der Waals surface area contributed by atoms with E-state index in [9.17, 15) is 9.18 Å². The van der Waals surface area contributed by atoms with Gasteiger partial charge < -0.3 is 4.74 Å². The molecule has 4 aromatic rings. The Morgan fingerprint density at radius 1 is 1.11 bits per heavy atom. The van der Waals surface area contributed by atoms with Gasteiger partial charge in [0.1, 0.15) is 11.6 Å². The van der Waals surface area contributed by atoms with Crippen LogP contribution in [0.1, 0.15) is 5.56 Å². The minimum absolute atomic E-state index is 0.200. The van der Waals surface area contributed by atoms with Gasteiger partial charge >= 0.3 is 5.69 Å². The molecule has 4 rings (SSSR count). The van der Waals surface area contributed by atoms with E-state index >= 15 is 0 Å². The molecular weight excluding hydrogens is 347 g/mol. The third kappa shape index (κ3) is 3.39. The summed E-state index contributed by atoms with van der Waals surface area (Å²) in [4.78, 5) is 12.7. The van der Waals surface area contributed by atoms with Crippen molar-refractivity contribution in [3.63, 3.8) is 0 Å². The first-order valence-electron chi connectivity index (χ1n) is 8.35. The molecule has 27 heavy (non-hydrogen) atoms. The predicted molar refractivity (Wildman–Crippen MR) is 99.7 cm³/mol. The highest BCUT2D eigenvalue weighted by molar-refractivity contribution is 5.62. The molecule has 0 bridgehead atoms. The topological polar surface area (TPSA) is 64.8 Å². The fourth-order valence-electron chi connectivity index (χ4n) is 2.98. The van der Waals surface area contributed by atoms with Crippen molar-refractivity contribution in [1.82, 2.24) is 19.3 Å². The minimum Gasteiger partial charge on any atom is -0.497 e. The number of ether oxygens (including phenoxy) is 1. The number of nitrogens with zero attached hydrogens (tertiary/aromatic N) is 3. The van der Waals surface area contributed by atoms with E-state index in [1.807, 2.05) is 30.5 Å². The van der Waals surface area contributed by atoms with E-state index in [0.717, 1.165) is 16.8 Å². The van der Waals surface area contributed by atoms with Crippen LogP contribution in [0.4, 0.5) is 4.39 Å². The summed E-state index contributed by atoms with van der Waals surface area (Å²) >= 11 is 0. The Morgan fingerprint density at radius 2 is 1.93 bits per heavy atom. The number of aromatic amines is 1. The van der Waals surface area contributed by atoms with Crippen LogP contribution in [0.5, 0.6) is 5.75 Å². The van der Waals surface area contributed by atoms with Crippen LogP contribution in [0.25, 0.3) is 16.8 Å². The zero-order chi connectivity index (χ0) is 18.8. The Labute approximate surface area is 154 Å². The van der Waals surface area contributed by atoms with Crippen molar-refractivity contribution in [3.8, 4) is 22.6 Å². The molecule has 0 amide bonds. The standard InChI is InChI=1S/C20H17FN4O2/c1-27-19-9-14(8-17(21)10-19)13-24-6-7-25(20(24)26)18-4-2-15(3-5-18)16-11-22-23-12-16/h2-12H,13H2,1H3,(H,22,23). The first-order valence-corrected chi connectivity index (χ1v) is 8.35. The van der Waals surface area contributed by atoms with Crippen LogP contribution in [-0.4, -0.2) is 26.4 Å². The van der Waals surface area contributed by atoms with Crippen molar-refractivity contribution in [3.05, 3.63) is 89.1 Å². The lowest BCUT2D eigenvalue weighted by Gasteiger charge is -2.06. The number of rotatable bonds is 5. The molecule has 0 aliphatic heterocycles. The lowest BCUT2D eigenvalue weighted by molar-refractivity contribution is 0.410. The zero-order valence-corrected chi connectivity index (χ0v) is 14.6. The summed E-state index contributed by atoms with van der Waals surface area (Å²) in [5.41, 5.74) is 3.19. The number of imidazole rings is 1. The largest absolute Gasteiger partial charge is 0.497 e. The summed E-state index contributed by atoms with van der Waals surface area (Å²) in [6.45, 7) is 0.257. The van der Waals surface area contributed by atoms with Gasteiger partial charge in [-0.05, 0) is 35.4 Å². The van der Waals surface area contributed by atoms with E-state index in [-0.39, 0.29) is 12.2 Å². The molecule has 0 saturated heterocycles. The smallest absolute Gasteiger partial charge is 0.333 e. The monoisotopic (exact) mass is 364 g/mol. The molecule has 0 spiro atoms. The molecule has 0 atom stereocenters. The zero-order valence-electron chi connectivity index (χ0n) is 14.6. The number of benzene rings is 2. The molecule has 136 valence electrons. The van der Waals surface area contributed by atoms with E-state index in [1.54, 1.807) is 29.2 Å². The van der Waals surface area contributed by atoms with Crippen LogP contribution >= 0.6 is 0 Å². The fourth-order valence-corrected chi connectivity index (χ4v) is 2.98. The maximum Gasteiger partial charge on any atom is 0.333 e. The van der Waals surface area contributed by atoms with Crippen LogP contribution in [0.15, 0.2) is 72.0 Å². The van der Waals surface area contributed by atoms with Gasteiger partial charge in [-0.3, -0.25) is 14.2 Å². The molecule has 2 heterocycles. The molecule has 6 nitrogen and oxygen atoms in total. The van der Waals surface area contributed by atoms with Crippen LogP contribution in [0.3, 0.4) is 0 Å². The van der Waals surface area contributed by atoms with Crippen LogP contribution < -0.4 is 10.4 Å². The Kier molecular flexibility index (Phi) is 4.33. The van der Waals surface area contributed by atoms with Crippen molar-refractivity contribution in [2.75, 3.05) is 7.11 Å². The van der Waals surface area contributed by atoms with Crippen LogP contribution in [0.2, 0.25) is 0 Å². The summed E-state index contributed by atoms with van der Waals surface area (Å²) in [7, 11) is 1.48. The number of halogens is 1.